The summed E-state index contributed by atoms with van der Waals surface area (Å²) in [6.45, 7) is 7.81. The summed E-state index contributed by atoms with van der Waals surface area (Å²) < 4.78 is 10.8. The van der Waals surface area contributed by atoms with Crippen LogP contribution in [-0.2, 0) is 9.47 Å². The Bertz CT molecular complexity index is 379. The molecule has 1 aliphatic rings. The monoisotopic (exact) mass is 338 g/mol. The van der Waals surface area contributed by atoms with Crippen LogP contribution in [0.3, 0.4) is 0 Å². The Kier molecular flexibility index (Phi) is 10.1. The van der Waals surface area contributed by atoms with Gasteiger partial charge >= 0.3 is 6.16 Å². The molecule has 0 radical (unpaired) electrons. The summed E-state index contributed by atoms with van der Waals surface area (Å²) >= 11 is 0. The van der Waals surface area contributed by atoms with E-state index >= 15 is 0 Å². The molecular formula is C21H38O3. The van der Waals surface area contributed by atoms with E-state index in [1.165, 1.54) is 64.2 Å². The lowest BCUT2D eigenvalue weighted by atomic mass is 10.0. The summed E-state index contributed by atoms with van der Waals surface area (Å²) in [5, 5.41) is 0. The first kappa shape index (κ1) is 21.1. The van der Waals surface area contributed by atoms with Crippen molar-refractivity contribution in [2.24, 2.45) is 5.92 Å². The van der Waals surface area contributed by atoms with Crippen LogP contribution in [0.2, 0.25) is 0 Å². The standard InChI is InChI=1S/C21H38O3/c1-18-15-13-11-9-7-5-6-8-10-12-14-16-19(17-18)23-20(22)24-21(2,3)4/h17-18H,5-16H2,1-4H3/b19-17-. The molecule has 0 saturated heterocycles. The van der Waals surface area contributed by atoms with Crippen molar-refractivity contribution in [3.8, 4) is 0 Å². The second kappa shape index (κ2) is 11.5. The number of carbonyl (C=O) groups excluding carboxylic acids is 1. The minimum atomic E-state index is -0.570. The zero-order chi connectivity index (χ0) is 17.8. The molecule has 0 saturated carbocycles. The maximum atomic E-state index is 12.0. The highest BCUT2D eigenvalue weighted by atomic mass is 16.7. The van der Waals surface area contributed by atoms with Gasteiger partial charge in [-0.2, -0.15) is 0 Å². The van der Waals surface area contributed by atoms with Crippen LogP contribution in [0.25, 0.3) is 0 Å². The van der Waals surface area contributed by atoms with Crippen LogP contribution < -0.4 is 0 Å². The topological polar surface area (TPSA) is 35.5 Å². The van der Waals surface area contributed by atoms with Crippen molar-refractivity contribution in [2.75, 3.05) is 0 Å². The molecule has 24 heavy (non-hydrogen) atoms. The Morgan fingerprint density at radius 3 is 1.96 bits per heavy atom. The molecule has 1 rings (SSSR count). The summed E-state index contributed by atoms with van der Waals surface area (Å²) in [5.41, 5.74) is -0.511. The van der Waals surface area contributed by atoms with E-state index in [4.69, 9.17) is 9.47 Å². The quantitative estimate of drug-likeness (QED) is 0.476. The van der Waals surface area contributed by atoms with E-state index in [2.05, 4.69) is 13.0 Å². The van der Waals surface area contributed by atoms with Crippen LogP contribution in [0.5, 0.6) is 0 Å². The lowest BCUT2D eigenvalue weighted by Crippen LogP contribution is -2.24. The zero-order valence-corrected chi connectivity index (χ0v) is 16.4. The number of ether oxygens (including phenoxy) is 2. The highest BCUT2D eigenvalue weighted by Gasteiger charge is 2.19. The van der Waals surface area contributed by atoms with Crippen molar-refractivity contribution in [3.63, 3.8) is 0 Å². The molecule has 0 spiro atoms. The van der Waals surface area contributed by atoms with Gasteiger partial charge in [-0.1, -0.05) is 64.7 Å². The van der Waals surface area contributed by atoms with Crippen molar-refractivity contribution in [1.29, 1.82) is 0 Å². The van der Waals surface area contributed by atoms with Crippen molar-refractivity contribution >= 4 is 6.16 Å². The molecule has 0 heterocycles. The second-order valence-corrected chi connectivity index (χ2v) is 8.25. The van der Waals surface area contributed by atoms with Crippen molar-refractivity contribution in [2.45, 2.75) is 110 Å². The summed E-state index contributed by atoms with van der Waals surface area (Å²) in [5.74, 6) is 1.25. The van der Waals surface area contributed by atoms with Gasteiger partial charge in [-0.25, -0.2) is 4.79 Å². The van der Waals surface area contributed by atoms with E-state index in [9.17, 15) is 4.79 Å². The molecule has 1 atom stereocenters. The third kappa shape index (κ3) is 11.5. The minimum Gasteiger partial charge on any atom is -0.428 e. The number of rotatable bonds is 1. The molecule has 0 aromatic carbocycles. The average molecular weight is 339 g/mol. The number of hydrogen-bond donors (Lipinski definition) is 0. The SMILES string of the molecule is CC1/C=C(\OC(=O)OC(C)(C)C)CCCCCCCCCCCC1. The van der Waals surface area contributed by atoms with Gasteiger partial charge in [-0.15, -0.1) is 0 Å². The van der Waals surface area contributed by atoms with Gasteiger partial charge < -0.3 is 9.47 Å². The minimum absolute atomic E-state index is 0.451. The van der Waals surface area contributed by atoms with E-state index in [1.54, 1.807) is 0 Å². The molecule has 0 fully saturated rings. The summed E-state index contributed by atoms with van der Waals surface area (Å²) in [6, 6.07) is 0. The van der Waals surface area contributed by atoms with Gasteiger partial charge in [-0.05, 0) is 45.6 Å². The van der Waals surface area contributed by atoms with Crippen molar-refractivity contribution in [3.05, 3.63) is 11.8 Å². The lowest BCUT2D eigenvalue weighted by Gasteiger charge is -2.20. The van der Waals surface area contributed by atoms with Gasteiger partial charge in [0.25, 0.3) is 0 Å². The first-order chi connectivity index (χ1) is 11.4. The predicted octanol–water partition coefficient (Wildman–Crippen LogP) is 7.15. The van der Waals surface area contributed by atoms with E-state index in [0.717, 1.165) is 18.6 Å². The van der Waals surface area contributed by atoms with Crippen LogP contribution in [-0.4, -0.2) is 11.8 Å². The Labute approximate surface area is 149 Å². The lowest BCUT2D eigenvalue weighted by molar-refractivity contribution is 0.00493. The average Bonchev–Trinajstić information content (AvgIpc) is 2.46. The fourth-order valence-electron chi connectivity index (χ4n) is 3.13. The highest BCUT2D eigenvalue weighted by Crippen LogP contribution is 2.21. The largest absolute Gasteiger partial charge is 0.514 e. The molecule has 0 aromatic rings. The van der Waals surface area contributed by atoms with Gasteiger partial charge in [0, 0.05) is 6.42 Å². The molecule has 0 aromatic heterocycles. The van der Waals surface area contributed by atoms with Crippen LogP contribution in [0, 0.1) is 5.92 Å². The van der Waals surface area contributed by atoms with Crippen LogP contribution in [0.4, 0.5) is 4.79 Å². The summed E-state index contributed by atoms with van der Waals surface area (Å²) in [7, 11) is 0. The van der Waals surface area contributed by atoms with Crippen molar-refractivity contribution in [1.82, 2.24) is 0 Å². The van der Waals surface area contributed by atoms with Gasteiger partial charge in [0.2, 0.25) is 0 Å². The fraction of sp³-hybridized carbons (Fsp3) is 0.857. The van der Waals surface area contributed by atoms with E-state index in [-0.39, 0.29) is 0 Å². The van der Waals surface area contributed by atoms with E-state index < -0.39 is 11.8 Å². The number of allylic oxidation sites excluding steroid dienone is 2. The molecule has 0 bridgehead atoms. The molecule has 0 aliphatic heterocycles. The van der Waals surface area contributed by atoms with E-state index in [0.29, 0.717) is 5.92 Å². The summed E-state index contributed by atoms with van der Waals surface area (Å²) in [4.78, 5) is 12.0. The van der Waals surface area contributed by atoms with Gasteiger partial charge in [0.1, 0.15) is 11.4 Å². The Morgan fingerprint density at radius 1 is 0.917 bits per heavy atom. The predicted molar refractivity (Wildman–Crippen MR) is 100.0 cm³/mol. The Hall–Kier alpha value is -0.990. The first-order valence-corrected chi connectivity index (χ1v) is 9.98. The Morgan fingerprint density at radius 2 is 1.42 bits per heavy atom. The number of carbonyl (C=O) groups is 1. The summed E-state index contributed by atoms with van der Waals surface area (Å²) in [6.07, 6.45) is 16.6. The Balaban J connectivity index is 2.59. The third-order valence-corrected chi connectivity index (χ3v) is 4.41. The molecule has 0 amide bonds. The number of hydrogen-bond acceptors (Lipinski definition) is 3. The molecule has 0 N–H and O–H groups in total. The smallest absolute Gasteiger partial charge is 0.428 e. The van der Waals surface area contributed by atoms with Crippen molar-refractivity contribution < 1.29 is 14.3 Å². The van der Waals surface area contributed by atoms with Gasteiger partial charge in [-0.3, -0.25) is 0 Å². The molecule has 3 heteroatoms. The highest BCUT2D eigenvalue weighted by molar-refractivity contribution is 5.62. The van der Waals surface area contributed by atoms with Crippen LogP contribution >= 0.6 is 0 Å². The van der Waals surface area contributed by atoms with E-state index in [1.807, 2.05) is 20.8 Å². The van der Waals surface area contributed by atoms with Gasteiger partial charge in [0.05, 0.1) is 0 Å². The molecule has 3 nitrogen and oxygen atoms in total. The van der Waals surface area contributed by atoms with Gasteiger partial charge in [0.15, 0.2) is 0 Å². The molecule has 140 valence electrons. The van der Waals surface area contributed by atoms with Crippen LogP contribution in [0.15, 0.2) is 11.8 Å². The third-order valence-electron chi connectivity index (χ3n) is 4.41. The molecule has 1 aliphatic carbocycles. The maximum Gasteiger partial charge on any atom is 0.514 e. The fourth-order valence-corrected chi connectivity index (χ4v) is 3.13. The first-order valence-electron chi connectivity index (χ1n) is 9.98. The normalized spacial score (nSPS) is 24.8. The van der Waals surface area contributed by atoms with Crippen LogP contribution in [0.1, 0.15) is 105 Å². The zero-order valence-electron chi connectivity index (χ0n) is 16.4. The maximum absolute atomic E-state index is 12.0. The molecule has 1 unspecified atom stereocenters. The molecular weight excluding hydrogens is 300 g/mol. The second-order valence-electron chi connectivity index (χ2n) is 8.25.